The Kier molecular flexibility index (Phi) is 7.04. The van der Waals surface area contributed by atoms with Crippen LogP contribution in [-0.4, -0.2) is 28.0 Å². The van der Waals surface area contributed by atoms with Crippen molar-refractivity contribution >= 4 is 11.5 Å². The van der Waals surface area contributed by atoms with E-state index in [1.54, 1.807) is 6.08 Å². The smallest absolute Gasteiger partial charge is 0.269 e. The van der Waals surface area contributed by atoms with Crippen molar-refractivity contribution in [2.24, 2.45) is 0 Å². The van der Waals surface area contributed by atoms with Crippen LogP contribution in [-0.2, 0) is 27.5 Å². The Balaban J connectivity index is 1.53. The minimum atomic E-state index is -1.24. The Morgan fingerprint density at radius 3 is 1.94 bits per heavy atom. The largest absolute Gasteiger partial charge is 0.384 e. The maximum absolute atomic E-state index is 13.2. The van der Waals surface area contributed by atoms with Crippen molar-refractivity contribution in [3.05, 3.63) is 123 Å². The molecule has 1 unspecified atom stereocenters. The maximum Gasteiger partial charge on any atom is 0.269 e. The van der Waals surface area contributed by atoms with Crippen LogP contribution in [0.15, 0.2) is 96.6 Å². The third-order valence-corrected chi connectivity index (χ3v) is 5.46. The molecule has 0 aromatic heterocycles. The van der Waals surface area contributed by atoms with Crippen molar-refractivity contribution in [1.82, 2.24) is 0 Å². The van der Waals surface area contributed by atoms with Gasteiger partial charge in [0.15, 0.2) is 11.9 Å². The number of aliphatic hydroxyl groups excluding tert-OH is 1. The van der Waals surface area contributed by atoms with Crippen LogP contribution < -0.4 is 0 Å². The van der Waals surface area contributed by atoms with Crippen LogP contribution in [0.3, 0.4) is 0 Å². The van der Waals surface area contributed by atoms with Crippen LogP contribution in [0.1, 0.15) is 22.8 Å². The predicted octanol–water partition coefficient (Wildman–Crippen LogP) is 4.31. The average Bonchev–Trinajstić information content (AvgIpc) is 3.17. The number of nitro benzene ring substituents is 1. The lowest BCUT2D eigenvalue weighted by Crippen LogP contribution is -2.33. The topological polar surface area (TPSA) is 98.9 Å². The van der Waals surface area contributed by atoms with Crippen LogP contribution >= 0.6 is 0 Å². The van der Waals surface area contributed by atoms with Gasteiger partial charge in [-0.2, -0.15) is 0 Å². The molecule has 0 amide bonds. The van der Waals surface area contributed by atoms with Gasteiger partial charge in [-0.15, -0.1) is 0 Å². The summed E-state index contributed by atoms with van der Waals surface area (Å²) in [5.41, 5.74) is 2.30. The monoisotopic (exact) mass is 445 g/mol. The highest BCUT2D eigenvalue weighted by Gasteiger charge is 2.40. The van der Waals surface area contributed by atoms with E-state index in [1.165, 1.54) is 24.3 Å². The van der Waals surface area contributed by atoms with Gasteiger partial charge in [0, 0.05) is 17.7 Å². The van der Waals surface area contributed by atoms with E-state index in [9.17, 15) is 20.0 Å². The molecule has 0 saturated carbocycles. The van der Waals surface area contributed by atoms with Crippen LogP contribution in [0, 0.1) is 10.1 Å². The van der Waals surface area contributed by atoms with E-state index in [4.69, 9.17) is 9.47 Å². The van der Waals surface area contributed by atoms with Crippen LogP contribution in [0.4, 0.5) is 5.69 Å². The van der Waals surface area contributed by atoms with Gasteiger partial charge in [-0.25, -0.2) is 0 Å². The summed E-state index contributed by atoms with van der Waals surface area (Å²) in [6.07, 6.45) is -1.24. The first-order valence-corrected chi connectivity index (χ1v) is 10.5. The fourth-order valence-electron chi connectivity index (χ4n) is 3.68. The molecule has 4 rings (SSSR count). The van der Waals surface area contributed by atoms with Crippen LogP contribution in [0.5, 0.6) is 0 Å². The number of ketones is 1. The number of aliphatic hydroxyl groups is 1. The molecule has 1 N–H and O–H groups in total. The van der Waals surface area contributed by atoms with Gasteiger partial charge in [0.25, 0.3) is 5.69 Å². The minimum Gasteiger partial charge on any atom is -0.384 e. The van der Waals surface area contributed by atoms with Gasteiger partial charge in [0.05, 0.1) is 18.1 Å². The van der Waals surface area contributed by atoms with Gasteiger partial charge in [-0.05, 0) is 34.9 Å². The highest BCUT2D eigenvalue weighted by Crippen LogP contribution is 2.32. The molecule has 33 heavy (non-hydrogen) atoms. The summed E-state index contributed by atoms with van der Waals surface area (Å²) in [4.78, 5) is 23.6. The first-order valence-electron chi connectivity index (χ1n) is 10.5. The van der Waals surface area contributed by atoms with Crippen molar-refractivity contribution in [1.29, 1.82) is 0 Å². The van der Waals surface area contributed by atoms with Gasteiger partial charge in [0.2, 0.25) is 0 Å². The Hall–Kier alpha value is -3.65. The Labute approximate surface area is 191 Å². The number of nitrogens with zero attached hydrogens (tertiary/aromatic N) is 1. The molecule has 7 heteroatoms. The van der Waals surface area contributed by atoms with Crippen molar-refractivity contribution in [3.8, 4) is 0 Å². The summed E-state index contributed by atoms with van der Waals surface area (Å²) in [5.74, 6) is -0.366. The molecule has 0 heterocycles. The first kappa shape index (κ1) is 22.5. The lowest BCUT2D eigenvalue weighted by molar-refractivity contribution is -0.384. The molecule has 7 nitrogen and oxygen atoms in total. The number of benzene rings is 3. The Morgan fingerprint density at radius 1 is 0.848 bits per heavy atom. The molecule has 0 radical (unpaired) electrons. The summed E-state index contributed by atoms with van der Waals surface area (Å²) in [7, 11) is 0. The Bertz CT molecular complexity index is 1130. The summed E-state index contributed by atoms with van der Waals surface area (Å²) in [6.45, 7) is 0.499. The number of nitro groups is 1. The second-order valence-corrected chi connectivity index (χ2v) is 7.72. The average molecular weight is 445 g/mol. The van der Waals surface area contributed by atoms with Crippen molar-refractivity contribution < 1.29 is 24.3 Å². The molecule has 0 aliphatic heterocycles. The molecule has 0 saturated heterocycles. The standard InChI is InChI=1S/C26H23NO6/c28-24(20-11-13-21(14-12-20)27(30)31)22-15-23(32-16-18-7-3-1-4-8-18)26(25(22)29)33-17-19-9-5-2-6-10-19/h1-15,23-24,26,28H,16-17H2/t23-,24?,26+/m0/s1. The molecule has 0 spiro atoms. The van der Waals surface area contributed by atoms with E-state index in [2.05, 4.69) is 0 Å². The molecule has 1 aliphatic rings. The van der Waals surface area contributed by atoms with E-state index in [0.717, 1.165) is 11.1 Å². The first-order chi connectivity index (χ1) is 16.0. The van der Waals surface area contributed by atoms with E-state index in [1.807, 2.05) is 60.7 Å². The molecule has 168 valence electrons. The van der Waals surface area contributed by atoms with Crippen LogP contribution in [0.2, 0.25) is 0 Å². The summed E-state index contributed by atoms with van der Waals surface area (Å²) in [5, 5.41) is 21.8. The molecular weight excluding hydrogens is 422 g/mol. The fourth-order valence-corrected chi connectivity index (χ4v) is 3.68. The molecule has 3 atom stereocenters. The van der Waals surface area contributed by atoms with Crippen molar-refractivity contribution in [3.63, 3.8) is 0 Å². The summed E-state index contributed by atoms with van der Waals surface area (Å²) in [6, 6.07) is 24.5. The van der Waals surface area contributed by atoms with Gasteiger partial charge in [-0.3, -0.25) is 14.9 Å². The zero-order valence-electron chi connectivity index (χ0n) is 17.7. The van der Waals surface area contributed by atoms with Gasteiger partial charge in [0.1, 0.15) is 12.2 Å². The molecule has 3 aromatic rings. The second-order valence-electron chi connectivity index (χ2n) is 7.72. The predicted molar refractivity (Wildman–Crippen MR) is 121 cm³/mol. The number of Topliss-reactive ketones (excluding diaryl/α,β-unsaturated/α-hetero) is 1. The molecule has 0 bridgehead atoms. The zero-order chi connectivity index (χ0) is 23.2. The molecular formula is C26H23NO6. The maximum atomic E-state index is 13.2. The minimum absolute atomic E-state index is 0.0918. The third-order valence-electron chi connectivity index (χ3n) is 5.46. The molecule has 1 aliphatic carbocycles. The van der Waals surface area contributed by atoms with E-state index < -0.39 is 23.2 Å². The number of rotatable bonds is 9. The lowest BCUT2D eigenvalue weighted by Gasteiger charge is -2.20. The highest BCUT2D eigenvalue weighted by atomic mass is 16.6. The summed E-state index contributed by atoms with van der Waals surface area (Å²) < 4.78 is 11.9. The van der Waals surface area contributed by atoms with Gasteiger partial charge >= 0.3 is 0 Å². The zero-order valence-corrected chi connectivity index (χ0v) is 17.7. The lowest BCUT2D eigenvalue weighted by atomic mass is 9.99. The number of carbonyl (C=O) groups excluding carboxylic acids is 1. The van der Waals surface area contributed by atoms with E-state index in [0.29, 0.717) is 5.56 Å². The van der Waals surface area contributed by atoms with Gasteiger partial charge in [-0.1, -0.05) is 60.7 Å². The SMILES string of the molecule is O=C1C(C(O)c2ccc([N+](=O)[O-])cc2)=C[C@H](OCc2ccccc2)[C@H]1OCc1ccccc1. The number of hydrogen-bond acceptors (Lipinski definition) is 6. The Morgan fingerprint density at radius 2 is 1.39 bits per heavy atom. The summed E-state index contributed by atoms with van der Waals surface area (Å²) >= 11 is 0. The van der Waals surface area contributed by atoms with E-state index in [-0.39, 0.29) is 30.3 Å². The normalized spacial score (nSPS) is 18.7. The number of hydrogen-bond donors (Lipinski definition) is 1. The molecule has 3 aromatic carbocycles. The van der Waals surface area contributed by atoms with Crippen LogP contribution in [0.25, 0.3) is 0 Å². The van der Waals surface area contributed by atoms with Gasteiger partial charge < -0.3 is 14.6 Å². The molecule has 0 fully saturated rings. The third kappa shape index (κ3) is 5.40. The quantitative estimate of drug-likeness (QED) is 0.389. The van der Waals surface area contributed by atoms with E-state index >= 15 is 0 Å². The van der Waals surface area contributed by atoms with Crippen molar-refractivity contribution in [2.75, 3.05) is 0 Å². The highest BCUT2D eigenvalue weighted by molar-refractivity contribution is 6.03. The second kappa shape index (κ2) is 10.3. The number of ether oxygens (including phenoxy) is 2. The van der Waals surface area contributed by atoms with Crippen molar-refractivity contribution in [2.45, 2.75) is 31.5 Å². The number of non-ortho nitro benzene ring substituents is 1. The number of carbonyl (C=O) groups is 1. The fraction of sp³-hybridized carbons (Fsp3) is 0.192.